The van der Waals surface area contributed by atoms with E-state index in [9.17, 15) is 0 Å². The third kappa shape index (κ3) is 3.00. The molecule has 1 rings (SSSR count). The Morgan fingerprint density at radius 1 is 1.27 bits per heavy atom. The van der Waals surface area contributed by atoms with E-state index in [2.05, 4.69) is 15.9 Å². The number of rotatable bonds is 3. The first-order valence-corrected chi connectivity index (χ1v) is 5.98. The Labute approximate surface area is 108 Å². The van der Waals surface area contributed by atoms with Gasteiger partial charge in [0.15, 0.2) is 0 Å². The van der Waals surface area contributed by atoms with Crippen molar-refractivity contribution < 1.29 is 4.74 Å². The Morgan fingerprint density at radius 2 is 1.87 bits per heavy atom. The van der Waals surface area contributed by atoms with Crippen molar-refractivity contribution in [2.45, 2.75) is 4.95 Å². The minimum absolute atomic E-state index is 0.0356. The van der Waals surface area contributed by atoms with Crippen LogP contribution in [0.25, 0.3) is 0 Å². The molecule has 0 N–H and O–H groups in total. The second-order valence-electron chi connectivity index (χ2n) is 3.31. The summed E-state index contributed by atoms with van der Waals surface area (Å²) >= 11 is 15.7. The summed E-state index contributed by atoms with van der Waals surface area (Å²) in [5.41, 5.74) is 0.924. The van der Waals surface area contributed by atoms with Crippen LogP contribution < -0.4 is 4.74 Å². The second kappa shape index (κ2) is 5.39. The van der Waals surface area contributed by atoms with Crippen molar-refractivity contribution in [3.05, 3.63) is 27.7 Å². The summed E-state index contributed by atoms with van der Waals surface area (Å²) in [5, 5.41) is 1.19. The average Bonchev–Trinajstić information content (AvgIpc) is 2.19. The summed E-state index contributed by atoms with van der Waals surface area (Å²) in [6.45, 7) is 0. The highest BCUT2D eigenvalue weighted by atomic mass is 79.9. The molecule has 0 fully saturated rings. The van der Waals surface area contributed by atoms with E-state index in [0.29, 0.717) is 15.8 Å². The number of hydrogen-bond donors (Lipinski definition) is 0. The number of ether oxygens (including phenoxy) is 1. The first-order chi connectivity index (χ1) is 6.97. The Balaban J connectivity index is 3.15. The van der Waals surface area contributed by atoms with Crippen LogP contribution in [0.4, 0.5) is 0 Å². The van der Waals surface area contributed by atoms with Gasteiger partial charge in [-0.05, 0) is 20.2 Å². The predicted octanol–water partition coefficient (Wildman–Crippen LogP) is 3.96. The molecule has 1 unspecified atom stereocenters. The van der Waals surface area contributed by atoms with Gasteiger partial charge in [-0.25, -0.2) is 0 Å². The van der Waals surface area contributed by atoms with Crippen LogP contribution in [0.5, 0.6) is 5.75 Å². The smallest absolute Gasteiger partial charge is 0.138 e. The average molecular weight is 313 g/mol. The molecule has 0 bridgehead atoms. The molecule has 0 saturated heterocycles. The van der Waals surface area contributed by atoms with Crippen LogP contribution in [0.15, 0.2) is 12.1 Å². The zero-order valence-electron chi connectivity index (χ0n) is 8.72. The van der Waals surface area contributed by atoms with E-state index in [1.54, 1.807) is 13.2 Å². The molecule has 0 aliphatic rings. The summed E-state index contributed by atoms with van der Waals surface area (Å²) in [7, 11) is 5.47. The molecule has 1 aromatic rings. The standard InChI is InChI=1S/C10H12BrCl2NO/c1-14(2)10(11)6-4-8(13)9(15-3)5-7(6)12/h4-5,10H,1-3H3. The maximum atomic E-state index is 6.12. The van der Waals surface area contributed by atoms with Crippen molar-refractivity contribution in [1.29, 1.82) is 0 Å². The lowest BCUT2D eigenvalue weighted by molar-refractivity contribution is 0.396. The Morgan fingerprint density at radius 3 is 2.33 bits per heavy atom. The number of hydrogen-bond acceptors (Lipinski definition) is 2. The van der Waals surface area contributed by atoms with Gasteiger partial charge in [0, 0.05) is 16.7 Å². The van der Waals surface area contributed by atoms with Crippen LogP contribution in [-0.2, 0) is 0 Å². The number of alkyl halides is 1. The first-order valence-electron chi connectivity index (χ1n) is 4.30. The van der Waals surface area contributed by atoms with Crippen molar-refractivity contribution in [1.82, 2.24) is 4.90 Å². The van der Waals surface area contributed by atoms with Crippen LogP contribution in [0.2, 0.25) is 10.0 Å². The second-order valence-corrected chi connectivity index (χ2v) is 4.99. The molecular weight excluding hydrogens is 301 g/mol. The van der Waals surface area contributed by atoms with E-state index in [4.69, 9.17) is 27.9 Å². The van der Waals surface area contributed by atoms with Gasteiger partial charge < -0.3 is 4.74 Å². The van der Waals surface area contributed by atoms with Gasteiger partial charge in [0.1, 0.15) is 5.75 Å². The van der Waals surface area contributed by atoms with Crippen LogP contribution >= 0.6 is 39.1 Å². The lowest BCUT2D eigenvalue weighted by atomic mass is 10.2. The molecule has 84 valence electrons. The molecule has 0 amide bonds. The van der Waals surface area contributed by atoms with Gasteiger partial charge in [-0.2, -0.15) is 0 Å². The molecule has 1 atom stereocenters. The van der Waals surface area contributed by atoms with Gasteiger partial charge in [-0.1, -0.05) is 39.1 Å². The predicted molar refractivity (Wildman–Crippen MR) is 68.4 cm³/mol. The molecular formula is C10H12BrCl2NO. The Bertz CT molecular complexity index is 358. The van der Waals surface area contributed by atoms with Gasteiger partial charge in [0.2, 0.25) is 0 Å². The van der Waals surface area contributed by atoms with Gasteiger partial charge in [-0.3, -0.25) is 4.90 Å². The molecule has 0 aliphatic carbocycles. The topological polar surface area (TPSA) is 12.5 Å². The number of benzene rings is 1. The molecule has 0 aliphatic heterocycles. The van der Waals surface area contributed by atoms with Crippen molar-refractivity contribution >= 4 is 39.1 Å². The van der Waals surface area contributed by atoms with Gasteiger partial charge >= 0.3 is 0 Å². The van der Waals surface area contributed by atoms with Crippen LogP contribution in [-0.4, -0.2) is 26.1 Å². The number of halogens is 3. The molecule has 0 spiro atoms. The fourth-order valence-electron chi connectivity index (χ4n) is 1.16. The Kier molecular flexibility index (Phi) is 4.71. The highest BCUT2D eigenvalue weighted by molar-refractivity contribution is 9.09. The minimum Gasteiger partial charge on any atom is -0.495 e. The fourth-order valence-corrected chi connectivity index (χ4v) is 2.18. The Hall–Kier alpha value is 0.0400. The molecule has 15 heavy (non-hydrogen) atoms. The molecule has 1 aromatic carbocycles. The zero-order valence-corrected chi connectivity index (χ0v) is 11.8. The zero-order chi connectivity index (χ0) is 11.6. The molecule has 0 aromatic heterocycles. The summed E-state index contributed by atoms with van der Waals surface area (Å²) < 4.78 is 5.08. The highest BCUT2D eigenvalue weighted by Gasteiger charge is 2.16. The largest absolute Gasteiger partial charge is 0.495 e. The molecule has 0 saturated carbocycles. The SMILES string of the molecule is COc1cc(Cl)c(C(Br)N(C)C)cc1Cl. The third-order valence-electron chi connectivity index (χ3n) is 1.98. The van der Waals surface area contributed by atoms with E-state index < -0.39 is 0 Å². The van der Waals surface area contributed by atoms with E-state index in [1.807, 2.05) is 25.1 Å². The highest BCUT2D eigenvalue weighted by Crippen LogP contribution is 2.37. The summed E-state index contributed by atoms with van der Waals surface area (Å²) in [4.78, 5) is 2.03. The molecule has 5 heteroatoms. The third-order valence-corrected chi connectivity index (χ3v) is 3.92. The lowest BCUT2D eigenvalue weighted by Crippen LogP contribution is -2.14. The van der Waals surface area contributed by atoms with E-state index in [1.165, 1.54) is 0 Å². The number of nitrogens with zero attached hydrogens (tertiary/aromatic N) is 1. The van der Waals surface area contributed by atoms with Crippen LogP contribution in [0.1, 0.15) is 10.5 Å². The van der Waals surface area contributed by atoms with Crippen LogP contribution in [0.3, 0.4) is 0 Å². The monoisotopic (exact) mass is 311 g/mol. The maximum absolute atomic E-state index is 6.12. The van der Waals surface area contributed by atoms with E-state index >= 15 is 0 Å². The molecule has 0 heterocycles. The van der Waals surface area contributed by atoms with E-state index in [0.717, 1.165) is 5.56 Å². The fraction of sp³-hybridized carbons (Fsp3) is 0.400. The van der Waals surface area contributed by atoms with Gasteiger partial charge in [0.05, 0.1) is 17.1 Å². The molecule has 2 nitrogen and oxygen atoms in total. The van der Waals surface area contributed by atoms with Gasteiger partial charge in [-0.15, -0.1) is 0 Å². The van der Waals surface area contributed by atoms with Crippen molar-refractivity contribution in [3.8, 4) is 5.75 Å². The quantitative estimate of drug-likeness (QED) is 0.619. The maximum Gasteiger partial charge on any atom is 0.138 e. The normalized spacial score (nSPS) is 13.0. The van der Waals surface area contributed by atoms with Crippen LogP contribution in [0, 0.1) is 0 Å². The lowest BCUT2D eigenvalue weighted by Gasteiger charge is -2.20. The minimum atomic E-state index is 0.0356. The van der Waals surface area contributed by atoms with Crippen molar-refractivity contribution in [3.63, 3.8) is 0 Å². The summed E-state index contributed by atoms with van der Waals surface area (Å²) in [6.07, 6.45) is 0. The first kappa shape index (κ1) is 13.1. The van der Waals surface area contributed by atoms with Gasteiger partial charge in [0.25, 0.3) is 0 Å². The number of methoxy groups -OCH3 is 1. The summed E-state index contributed by atoms with van der Waals surface area (Å²) in [5.74, 6) is 0.587. The summed E-state index contributed by atoms with van der Waals surface area (Å²) in [6, 6.07) is 3.53. The van der Waals surface area contributed by atoms with Crippen molar-refractivity contribution in [2.24, 2.45) is 0 Å². The van der Waals surface area contributed by atoms with E-state index in [-0.39, 0.29) is 4.95 Å². The van der Waals surface area contributed by atoms with Crippen molar-refractivity contribution in [2.75, 3.05) is 21.2 Å². The molecule has 0 radical (unpaired) electrons.